The highest BCUT2D eigenvalue weighted by atomic mass is 19.4. The molecule has 3 aromatic rings. The van der Waals surface area contributed by atoms with Crippen LogP contribution in [0.15, 0.2) is 36.7 Å². The number of benzene rings is 1. The molecule has 12 nitrogen and oxygen atoms in total. The van der Waals surface area contributed by atoms with Crippen LogP contribution in [-0.4, -0.2) is 56.1 Å². The Morgan fingerprint density at radius 1 is 1.21 bits per heavy atom. The molecular weight excluding hydrogens is 523 g/mol. The Labute approximate surface area is 221 Å². The van der Waals surface area contributed by atoms with E-state index in [2.05, 4.69) is 20.4 Å². The quantitative estimate of drug-likeness (QED) is 0.213. The van der Waals surface area contributed by atoms with Crippen LogP contribution in [0.5, 0.6) is 0 Å². The predicted molar refractivity (Wildman–Crippen MR) is 133 cm³/mol. The van der Waals surface area contributed by atoms with Gasteiger partial charge >= 0.3 is 17.8 Å². The minimum atomic E-state index is -4.42. The third kappa shape index (κ3) is 7.06. The summed E-state index contributed by atoms with van der Waals surface area (Å²) in [4.78, 5) is 45.0. The average Bonchev–Trinajstić information content (AvgIpc) is 3.32. The van der Waals surface area contributed by atoms with Crippen molar-refractivity contribution in [1.82, 2.24) is 19.7 Å². The summed E-state index contributed by atoms with van der Waals surface area (Å²) in [7, 11) is 1.44. The van der Waals surface area contributed by atoms with E-state index >= 15 is 0 Å². The summed E-state index contributed by atoms with van der Waals surface area (Å²) in [5.41, 5.74) is -0.775. The average molecular weight is 550 g/mol. The lowest BCUT2D eigenvalue weighted by Crippen LogP contribution is -2.36. The molecule has 208 valence electrons. The van der Waals surface area contributed by atoms with Crippen molar-refractivity contribution in [3.8, 4) is 0 Å². The van der Waals surface area contributed by atoms with E-state index in [0.29, 0.717) is 11.1 Å². The number of alkyl halides is 3. The molecule has 1 N–H and O–H groups in total. The maximum Gasteiger partial charge on any atom is 0.416 e. The van der Waals surface area contributed by atoms with Gasteiger partial charge in [0.2, 0.25) is 17.5 Å². The number of halogens is 3. The number of likely N-dealkylation sites (N-methyl/N-ethyl adjacent to an activating group) is 1. The van der Waals surface area contributed by atoms with Gasteiger partial charge in [-0.25, -0.2) is 4.79 Å². The first kappa shape index (κ1) is 29.0. The van der Waals surface area contributed by atoms with Gasteiger partial charge in [-0.3, -0.25) is 19.6 Å². The second-order valence-electron chi connectivity index (χ2n) is 8.54. The summed E-state index contributed by atoms with van der Waals surface area (Å²) < 4.78 is 44.8. The van der Waals surface area contributed by atoms with E-state index in [4.69, 9.17) is 4.74 Å². The van der Waals surface area contributed by atoms with Crippen molar-refractivity contribution in [2.45, 2.75) is 46.1 Å². The number of nitro groups is 1. The van der Waals surface area contributed by atoms with Gasteiger partial charge in [-0.05, 0) is 38.5 Å². The molecule has 0 amide bonds. The van der Waals surface area contributed by atoms with E-state index in [1.54, 1.807) is 6.20 Å². The van der Waals surface area contributed by atoms with Gasteiger partial charge in [-0.15, -0.1) is 0 Å². The van der Waals surface area contributed by atoms with Crippen molar-refractivity contribution in [1.29, 1.82) is 0 Å². The molecule has 0 radical (unpaired) electrons. The molecule has 0 spiro atoms. The van der Waals surface area contributed by atoms with Crippen LogP contribution >= 0.6 is 0 Å². The van der Waals surface area contributed by atoms with Crippen molar-refractivity contribution in [3.63, 3.8) is 0 Å². The van der Waals surface area contributed by atoms with Crippen LogP contribution in [0.4, 0.5) is 30.6 Å². The summed E-state index contributed by atoms with van der Waals surface area (Å²) in [5, 5.41) is 19.0. The van der Waals surface area contributed by atoms with Crippen molar-refractivity contribution in [3.05, 3.63) is 69.2 Å². The molecule has 0 unspecified atom stereocenters. The van der Waals surface area contributed by atoms with Gasteiger partial charge in [0.1, 0.15) is 0 Å². The number of ether oxygens (including phenoxy) is 1. The second kappa shape index (κ2) is 11.9. The maximum absolute atomic E-state index is 12.8. The number of hydrogen-bond donors (Lipinski definition) is 1. The SMILES string of the molecule is CCOC(=O)c1nc(NCc2cnn(Cc3ccc(C(F)(F)F)cc3)c2)nc(N(C)[C@@H](C)C(C)=O)c1[N+](=O)[O-]. The highest BCUT2D eigenvalue weighted by Gasteiger charge is 2.34. The lowest BCUT2D eigenvalue weighted by atomic mass is 10.1. The van der Waals surface area contributed by atoms with E-state index in [9.17, 15) is 32.9 Å². The van der Waals surface area contributed by atoms with Crippen LogP contribution in [0, 0.1) is 10.1 Å². The second-order valence-corrected chi connectivity index (χ2v) is 8.54. The topological polar surface area (TPSA) is 145 Å². The summed E-state index contributed by atoms with van der Waals surface area (Å²) in [6.07, 6.45) is -1.26. The highest BCUT2D eigenvalue weighted by molar-refractivity contribution is 5.95. The first-order chi connectivity index (χ1) is 18.3. The zero-order chi connectivity index (χ0) is 28.9. The van der Waals surface area contributed by atoms with Crippen molar-refractivity contribution >= 4 is 29.2 Å². The Balaban J connectivity index is 1.85. The molecule has 0 aliphatic rings. The van der Waals surface area contributed by atoms with E-state index in [-0.39, 0.29) is 37.2 Å². The lowest BCUT2D eigenvalue weighted by Gasteiger charge is -2.24. The Morgan fingerprint density at radius 3 is 2.44 bits per heavy atom. The van der Waals surface area contributed by atoms with Crippen molar-refractivity contribution < 1.29 is 32.4 Å². The smallest absolute Gasteiger partial charge is 0.416 e. The Kier molecular flexibility index (Phi) is 8.83. The number of anilines is 2. The van der Waals surface area contributed by atoms with Crippen LogP contribution in [0.1, 0.15) is 48.0 Å². The number of carbonyl (C=O) groups is 2. The molecule has 39 heavy (non-hydrogen) atoms. The van der Waals surface area contributed by atoms with Gasteiger partial charge in [-0.1, -0.05) is 12.1 Å². The van der Waals surface area contributed by atoms with Gasteiger partial charge in [0.25, 0.3) is 0 Å². The summed E-state index contributed by atoms with van der Waals surface area (Å²) in [5.74, 6) is -1.68. The number of aromatic nitrogens is 4. The molecule has 0 aliphatic heterocycles. The molecule has 1 atom stereocenters. The van der Waals surface area contributed by atoms with Gasteiger partial charge in [0, 0.05) is 25.4 Å². The van der Waals surface area contributed by atoms with Crippen LogP contribution < -0.4 is 10.2 Å². The molecule has 2 aromatic heterocycles. The molecule has 0 saturated carbocycles. The van der Waals surface area contributed by atoms with Crippen LogP contribution in [-0.2, 0) is 28.8 Å². The van der Waals surface area contributed by atoms with Crippen LogP contribution in [0.3, 0.4) is 0 Å². The van der Waals surface area contributed by atoms with Crippen molar-refractivity contribution in [2.24, 2.45) is 0 Å². The van der Waals surface area contributed by atoms with Crippen LogP contribution in [0.25, 0.3) is 0 Å². The fourth-order valence-corrected chi connectivity index (χ4v) is 3.49. The highest BCUT2D eigenvalue weighted by Crippen LogP contribution is 2.32. The number of ketones is 1. The van der Waals surface area contributed by atoms with Gasteiger partial charge in [-0.2, -0.15) is 28.2 Å². The molecule has 0 saturated heterocycles. The molecule has 0 fully saturated rings. The largest absolute Gasteiger partial charge is 0.461 e. The summed E-state index contributed by atoms with van der Waals surface area (Å²) >= 11 is 0. The summed E-state index contributed by atoms with van der Waals surface area (Å²) in [6.45, 7) is 4.67. The number of Topliss-reactive ketones (excluding diaryl/α,β-unsaturated/α-hetero) is 1. The Bertz CT molecular complexity index is 1360. The van der Waals surface area contributed by atoms with Crippen molar-refractivity contribution in [2.75, 3.05) is 23.9 Å². The first-order valence-electron chi connectivity index (χ1n) is 11.7. The minimum absolute atomic E-state index is 0.0457. The fourth-order valence-electron chi connectivity index (χ4n) is 3.49. The van der Waals surface area contributed by atoms with Gasteiger partial charge in [0.15, 0.2) is 5.78 Å². The maximum atomic E-state index is 12.8. The number of nitrogens with one attached hydrogen (secondary N) is 1. The normalized spacial score (nSPS) is 12.1. The zero-order valence-corrected chi connectivity index (χ0v) is 21.5. The number of nitrogens with zero attached hydrogens (tertiary/aromatic N) is 6. The lowest BCUT2D eigenvalue weighted by molar-refractivity contribution is -0.384. The number of esters is 1. The summed E-state index contributed by atoms with van der Waals surface area (Å²) in [6, 6.07) is 3.94. The van der Waals surface area contributed by atoms with Crippen LogP contribution in [0.2, 0.25) is 0 Å². The first-order valence-corrected chi connectivity index (χ1v) is 11.7. The predicted octanol–water partition coefficient (Wildman–Crippen LogP) is 3.85. The Morgan fingerprint density at radius 2 is 1.87 bits per heavy atom. The van der Waals surface area contributed by atoms with E-state index in [1.807, 2.05) is 0 Å². The molecule has 0 bridgehead atoms. The van der Waals surface area contributed by atoms with E-state index in [0.717, 1.165) is 12.1 Å². The molecule has 0 aliphatic carbocycles. The van der Waals surface area contributed by atoms with E-state index < -0.39 is 40.1 Å². The van der Waals surface area contributed by atoms with Gasteiger partial charge in [0.05, 0.1) is 35.9 Å². The standard InChI is InChI=1S/C24H26F3N7O5/c1-5-39-22(36)19-20(34(37)38)21(32(4)14(2)15(3)35)31-23(30-19)28-10-17-11-29-33(13-17)12-16-6-8-18(9-7-16)24(25,26)27/h6-9,11,13-14H,5,10,12H2,1-4H3,(H,28,30,31)/t14-/m0/s1. The number of hydrogen-bond acceptors (Lipinski definition) is 10. The third-order valence-electron chi connectivity index (χ3n) is 5.78. The molecule has 1 aromatic carbocycles. The molecule has 15 heteroatoms. The zero-order valence-electron chi connectivity index (χ0n) is 21.5. The van der Waals surface area contributed by atoms with E-state index in [1.165, 1.54) is 55.7 Å². The Hall–Kier alpha value is -4.56. The third-order valence-corrected chi connectivity index (χ3v) is 5.78. The molecular formula is C24H26F3N7O5. The molecule has 3 rings (SSSR count). The fraction of sp³-hybridized carbons (Fsp3) is 0.375. The van der Waals surface area contributed by atoms with Gasteiger partial charge < -0.3 is 15.0 Å². The number of carbonyl (C=O) groups excluding carboxylic acids is 2. The number of rotatable bonds is 11. The monoisotopic (exact) mass is 549 g/mol. The minimum Gasteiger partial charge on any atom is -0.461 e. The molecule has 2 heterocycles.